The Morgan fingerprint density at radius 1 is 1.04 bits per heavy atom. The molecule has 0 fully saturated rings. The summed E-state index contributed by atoms with van der Waals surface area (Å²) in [6.07, 6.45) is 2.49. The third-order valence-electron chi connectivity index (χ3n) is 3.21. The zero-order chi connectivity index (χ0) is 17.5. The fourth-order valence-corrected chi connectivity index (χ4v) is 2.07. The second kappa shape index (κ2) is 7.82. The van der Waals surface area contributed by atoms with E-state index in [1.807, 2.05) is 0 Å². The first-order valence-corrected chi connectivity index (χ1v) is 7.08. The quantitative estimate of drug-likeness (QED) is 0.797. The lowest BCUT2D eigenvalue weighted by atomic mass is 10.1. The van der Waals surface area contributed by atoms with E-state index in [1.165, 1.54) is 20.3 Å². The normalized spacial score (nSPS) is 10.4. The van der Waals surface area contributed by atoms with Gasteiger partial charge in [-0.05, 0) is 42.0 Å². The van der Waals surface area contributed by atoms with Gasteiger partial charge >= 0.3 is 5.97 Å². The molecular weight excluding hydrogens is 310 g/mol. The Morgan fingerprint density at radius 3 is 2.46 bits per heavy atom. The van der Waals surface area contributed by atoms with E-state index in [0.29, 0.717) is 28.3 Å². The third-order valence-corrected chi connectivity index (χ3v) is 3.21. The molecule has 0 saturated heterocycles. The number of benzene rings is 2. The molecule has 0 atom stereocenters. The van der Waals surface area contributed by atoms with Crippen molar-refractivity contribution in [2.45, 2.75) is 0 Å². The van der Waals surface area contributed by atoms with Crippen LogP contribution in [0.1, 0.15) is 15.9 Å². The van der Waals surface area contributed by atoms with Crippen LogP contribution in [0.5, 0.6) is 11.5 Å². The van der Waals surface area contributed by atoms with Crippen molar-refractivity contribution in [3.05, 3.63) is 59.7 Å². The molecule has 0 bridgehead atoms. The van der Waals surface area contributed by atoms with E-state index >= 15 is 0 Å². The summed E-state index contributed by atoms with van der Waals surface area (Å²) in [6, 6.07) is 11.7. The smallest absolute Gasteiger partial charge is 0.328 e. The number of carbonyl (C=O) groups excluding carboxylic acids is 1. The van der Waals surface area contributed by atoms with Gasteiger partial charge in [0.1, 0.15) is 0 Å². The zero-order valence-electron chi connectivity index (χ0n) is 13.3. The fraction of sp³-hybridized carbons (Fsp3) is 0.111. The topological polar surface area (TPSA) is 84.9 Å². The Hall–Kier alpha value is -3.28. The maximum Gasteiger partial charge on any atom is 0.328 e. The number of methoxy groups -OCH3 is 2. The molecule has 0 aliphatic rings. The number of hydrogen-bond donors (Lipinski definition) is 2. The average Bonchev–Trinajstić information content (AvgIpc) is 2.59. The van der Waals surface area contributed by atoms with Crippen molar-refractivity contribution >= 4 is 23.6 Å². The van der Waals surface area contributed by atoms with Crippen LogP contribution in [-0.2, 0) is 4.79 Å². The lowest BCUT2D eigenvalue weighted by Gasteiger charge is -2.10. The molecule has 6 nitrogen and oxygen atoms in total. The highest BCUT2D eigenvalue weighted by molar-refractivity contribution is 6.04. The molecule has 2 aromatic rings. The van der Waals surface area contributed by atoms with Crippen molar-refractivity contribution in [2.24, 2.45) is 0 Å². The molecule has 2 N–H and O–H groups in total. The lowest BCUT2D eigenvalue weighted by Crippen LogP contribution is -2.12. The fourth-order valence-electron chi connectivity index (χ4n) is 2.07. The summed E-state index contributed by atoms with van der Waals surface area (Å²) in [5.74, 6) is -0.344. The van der Waals surface area contributed by atoms with E-state index < -0.39 is 5.97 Å². The molecule has 1 amide bonds. The number of ether oxygens (including phenoxy) is 2. The molecular formula is C18H17NO5. The maximum atomic E-state index is 12.3. The van der Waals surface area contributed by atoms with Crippen LogP contribution in [-0.4, -0.2) is 31.2 Å². The Bertz CT molecular complexity index is 783. The Morgan fingerprint density at radius 2 is 1.79 bits per heavy atom. The molecule has 0 saturated carbocycles. The molecule has 0 heterocycles. The number of rotatable bonds is 6. The third kappa shape index (κ3) is 4.36. The van der Waals surface area contributed by atoms with Crippen molar-refractivity contribution in [1.82, 2.24) is 0 Å². The summed E-state index contributed by atoms with van der Waals surface area (Å²) in [7, 11) is 3.02. The molecule has 0 radical (unpaired) electrons. The number of aliphatic carboxylic acids is 1. The van der Waals surface area contributed by atoms with Gasteiger partial charge in [0.2, 0.25) is 0 Å². The molecule has 24 heavy (non-hydrogen) atoms. The Labute approximate surface area is 139 Å². The van der Waals surface area contributed by atoms with Gasteiger partial charge in [-0.1, -0.05) is 12.1 Å². The second-order valence-corrected chi connectivity index (χ2v) is 4.82. The van der Waals surface area contributed by atoms with Crippen LogP contribution in [0, 0.1) is 0 Å². The summed E-state index contributed by atoms with van der Waals surface area (Å²) in [4.78, 5) is 22.9. The molecule has 2 aromatic carbocycles. The van der Waals surface area contributed by atoms with Crippen molar-refractivity contribution in [2.75, 3.05) is 19.5 Å². The van der Waals surface area contributed by atoms with Crippen molar-refractivity contribution in [3.63, 3.8) is 0 Å². The number of amides is 1. The summed E-state index contributed by atoms with van der Waals surface area (Å²) in [5, 5.41) is 11.4. The number of carboxylic acids is 1. The Balaban J connectivity index is 2.18. The van der Waals surface area contributed by atoms with Crippen LogP contribution < -0.4 is 14.8 Å². The minimum absolute atomic E-state index is 0.310. The first kappa shape index (κ1) is 17.1. The molecule has 0 unspecified atom stereocenters. The summed E-state index contributed by atoms with van der Waals surface area (Å²) >= 11 is 0. The first-order valence-electron chi connectivity index (χ1n) is 7.08. The van der Waals surface area contributed by atoms with Crippen molar-refractivity contribution in [3.8, 4) is 11.5 Å². The summed E-state index contributed by atoms with van der Waals surface area (Å²) in [5.41, 5.74) is 1.64. The predicted molar refractivity (Wildman–Crippen MR) is 90.6 cm³/mol. The second-order valence-electron chi connectivity index (χ2n) is 4.82. The number of nitrogens with one attached hydrogen (secondary N) is 1. The molecule has 0 spiro atoms. The van der Waals surface area contributed by atoms with E-state index in [-0.39, 0.29) is 5.91 Å². The lowest BCUT2D eigenvalue weighted by molar-refractivity contribution is -0.131. The zero-order valence-corrected chi connectivity index (χ0v) is 13.3. The highest BCUT2D eigenvalue weighted by Crippen LogP contribution is 2.27. The van der Waals surface area contributed by atoms with Crippen molar-refractivity contribution < 1.29 is 24.2 Å². The van der Waals surface area contributed by atoms with E-state index in [2.05, 4.69) is 5.32 Å². The van der Waals surface area contributed by atoms with Gasteiger partial charge in [-0.15, -0.1) is 0 Å². The largest absolute Gasteiger partial charge is 0.493 e. The van der Waals surface area contributed by atoms with Crippen LogP contribution in [0.4, 0.5) is 5.69 Å². The van der Waals surface area contributed by atoms with E-state index in [9.17, 15) is 9.59 Å². The van der Waals surface area contributed by atoms with Crippen LogP contribution in [0.2, 0.25) is 0 Å². The van der Waals surface area contributed by atoms with Crippen molar-refractivity contribution in [1.29, 1.82) is 0 Å². The minimum Gasteiger partial charge on any atom is -0.493 e. The van der Waals surface area contributed by atoms with E-state index in [1.54, 1.807) is 42.5 Å². The minimum atomic E-state index is -1.03. The maximum absolute atomic E-state index is 12.3. The monoisotopic (exact) mass is 327 g/mol. The van der Waals surface area contributed by atoms with Crippen LogP contribution in [0.25, 0.3) is 6.08 Å². The van der Waals surface area contributed by atoms with Crippen LogP contribution >= 0.6 is 0 Å². The Kier molecular flexibility index (Phi) is 5.57. The molecule has 2 rings (SSSR count). The number of carbonyl (C=O) groups is 2. The van der Waals surface area contributed by atoms with Gasteiger partial charge < -0.3 is 19.9 Å². The van der Waals surface area contributed by atoms with Gasteiger partial charge in [0.15, 0.2) is 11.5 Å². The molecule has 124 valence electrons. The predicted octanol–water partition coefficient (Wildman–Crippen LogP) is 3.05. The van der Waals surface area contributed by atoms with E-state index in [4.69, 9.17) is 14.6 Å². The number of anilines is 1. The van der Waals surface area contributed by atoms with Gasteiger partial charge in [0.05, 0.1) is 14.2 Å². The average molecular weight is 327 g/mol. The van der Waals surface area contributed by atoms with E-state index in [0.717, 1.165) is 6.08 Å². The molecule has 0 aliphatic carbocycles. The number of hydrogen-bond acceptors (Lipinski definition) is 4. The van der Waals surface area contributed by atoms with Gasteiger partial charge in [-0.2, -0.15) is 0 Å². The van der Waals surface area contributed by atoms with Crippen LogP contribution in [0.15, 0.2) is 48.5 Å². The highest BCUT2D eigenvalue weighted by Gasteiger charge is 2.11. The molecule has 0 aromatic heterocycles. The van der Waals surface area contributed by atoms with Gasteiger partial charge in [0.25, 0.3) is 5.91 Å². The van der Waals surface area contributed by atoms with Gasteiger partial charge in [0, 0.05) is 17.3 Å². The van der Waals surface area contributed by atoms with Gasteiger partial charge in [-0.25, -0.2) is 4.79 Å². The first-order chi connectivity index (χ1) is 11.5. The summed E-state index contributed by atoms with van der Waals surface area (Å²) in [6.45, 7) is 0. The molecule has 6 heteroatoms. The number of carboxylic acid groups (broad SMARTS) is 1. The standard InChI is InChI=1S/C18H17NO5/c1-23-15-8-7-13(11-16(15)24-2)18(22)19-14-5-3-4-12(10-14)6-9-17(20)21/h3-11H,1-2H3,(H,19,22)(H,20,21)/b9-6+. The van der Waals surface area contributed by atoms with Crippen LogP contribution in [0.3, 0.4) is 0 Å². The highest BCUT2D eigenvalue weighted by atomic mass is 16.5. The SMILES string of the molecule is COc1ccc(C(=O)Nc2cccc(/C=C/C(=O)O)c2)cc1OC. The van der Waals surface area contributed by atoms with Gasteiger partial charge in [-0.3, -0.25) is 4.79 Å². The summed E-state index contributed by atoms with van der Waals surface area (Å²) < 4.78 is 10.3. The molecule has 0 aliphatic heterocycles.